The zero-order valence-electron chi connectivity index (χ0n) is 22.2. The van der Waals surface area contributed by atoms with E-state index in [2.05, 4.69) is 32.2 Å². The first-order valence-electron chi connectivity index (χ1n) is 13.3. The molecular weight excluding hydrogens is 490 g/mol. The van der Waals surface area contributed by atoms with Crippen LogP contribution in [-0.4, -0.2) is 60.9 Å². The number of ether oxygens (including phenoxy) is 1. The Morgan fingerprint density at radius 2 is 1.64 bits per heavy atom. The first-order chi connectivity index (χ1) is 19.0. The molecule has 1 aromatic heterocycles. The van der Waals surface area contributed by atoms with E-state index in [1.165, 1.54) is 5.69 Å². The molecule has 0 spiro atoms. The molecule has 39 heavy (non-hydrogen) atoms. The molecule has 1 aliphatic rings. The zero-order chi connectivity index (χ0) is 27.2. The molecule has 1 saturated heterocycles. The highest BCUT2D eigenvalue weighted by Gasteiger charge is 2.35. The fourth-order valence-corrected chi connectivity index (χ4v) is 5.35. The molecule has 0 bridgehead atoms. The largest absolute Gasteiger partial charge is 0.496 e. The van der Waals surface area contributed by atoms with Gasteiger partial charge in [0.05, 0.1) is 19.2 Å². The SMILES string of the molecule is COc1ccccc1CNC(=O)CC(N)C(=O)C(c1c[nH]c2ccccc12)N1CCN(c2ccccc2)CC1. The summed E-state index contributed by atoms with van der Waals surface area (Å²) in [7, 11) is 1.60. The van der Waals surface area contributed by atoms with Crippen molar-refractivity contribution in [1.29, 1.82) is 0 Å². The van der Waals surface area contributed by atoms with Gasteiger partial charge in [-0.25, -0.2) is 0 Å². The van der Waals surface area contributed by atoms with E-state index in [0.717, 1.165) is 35.1 Å². The zero-order valence-corrected chi connectivity index (χ0v) is 22.2. The van der Waals surface area contributed by atoms with Crippen LogP contribution in [-0.2, 0) is 16.1 Å². The molecule has 1 amide bonds. The highest BCUT2D eigenvalue weighted by atomic mass is 16.5. The maximum absolute atomic E-state index is 14.0. The Balaban J connectivity index is 1.31. The molecule has 2 unspecified atom stereocenters. The number of piperazine rings is 1. The first kappa shape index (κ1) is 26.5. The minimum atomic E-state index is -0.937. The van der Waals surface area contributed by atoms with Gasteiger partial charge in [-0.3, -0.25) is 14.5 Å². The fraction of sp³-hybridized carbons (Fsp3) is 0.290. The smallest absolute Gasteiger partial charge is 0.222 e. The lowest BCUT2D eigenvalue weighted by atomic mass is 9.93. The number of hydrogen-bond donors (Lipinski definition) is 3. The van der Waals surface area contributed by atoms with E-state index in [4.69, 9.17) is 10.5 Å². The third-order valence-corrected chi connectivity index (χ3v) is 7.43. The van der Waals surface area contributed by atoms with Crippen molar-refractivity contribution in [1.82, 2.24) is 15.2 Å². The van der Waals surface area contributed by atoms with Crippen LogP contribution < -0.4 is 20.7 Å². The monoisotopic (exact) mass is 525 g/mol. The number of carbonyl (C=O) groups excluding carboxylic acids is 2. The number of amides is 1. The summed E-state index contributed by atoms with van der Waals surface area (Å²) in [5, 5.41) is 3.88. The average molecular weight is 526 g/mol. The highest BCUT2D eigenvalue weighted by Crippen LogP contribution is 2.31. The number of hydrogen-bond acceptors (Lipinski definition) is 6. The Labute approximate surface area is 228 Å². The minimum Gasteiger partial charge on any atom is -0.496 e. The Bertz CT molecular complexity index is 1410. The average Bonchev–Trinajstić information content (AvgIpc) is 3.41. The molecule has 202 valence electrons. The van der Waals surface area contributed by atoms with Gasteiger partial charge >= 0.3 is 0 Å². The number of ketones is 1. The van der Waals surface area contributed by atoms with Crippen LogP contribution >= 0.6 is 0 Å². The molecule has 0 aliphatic carbocycles. The highest BCUT2D eigenvalue weighted by molar-refractivity contribution is 5.97. The summed E-state index contributed by atoms with van der Waals surface area (Å²) in [6.07, 6.45) is 1.82. The van der Waals surface area contributed by atoms with E-state index in [1.807, 2.05) is 72.9 Å². The van der Waals surface area contributed by atoms with Crippen molar-refractivity contribution in [3.8, 4) is 5.75 Å². The number of Topliss-reactive ketones (excluding diaryl/α,β-unsaturated/α-hetero) is 1. The van der Waals surface area contributed by atoms with Gasteiger partial charge in [0.2, 0.25) is 5.91 Å². The van der Waals surface area contributed by atoms with Gasteiger partial charge in [0.15, 0.2) is 5.78 Å². The van der Waals surface area contributed by atoms with Crippen molar-refractivity contribution in [3.63, 3.8) is 0 Å². The molecule has 2 atom stereocenters. The van der Waals surface area contributed by atoms with Crippen LogP contribution in [0.3, 0.4) is 0 Å². The standard InChI is InChI=1S/C31H35N5O3/c1-39-28-14-8-5-9-22(28)20-34-29(37)19-26(32)31(38)30(25-21-33-27-13-7-6-12-24(25)27)36-17-15-35(16-18-36)23-10-3-2-4-11-23/h2-14,21,26,30,33H,15-20,32H2,1H3,(H,34,37). The number of nitrogens with two attached hydrogens (primary N) is 1. The number of para-hydroxylation sites is 3. The van der Waals surface area contributed by atoms with E-state index in [9.17, 15) is 9.59 Å². The van der Waals surface area contributed by atoms with Crippen LogP contribution in [0.2, 0.25) is 0 Å². The molecular formula is C31H35N5O3. The number of fused-ring (bicyclic) bond motifs is 1. The Kier molecular flexibility index (Phi) is 8.24. The third kappa shape index (κ3) is 5.97. The number of rotatable bonds is 10. The Hall–Kier alpha value is -4.14. The number of aromatic amines is 1. The lowest BCUT2D eigenvalue weighted by Gasteiger charge is -2.40. The lowest BCUT2D eigenvalue weighted by Crippen LogP contribution is -2.52. The third-order valence-electron chi connectivity index (χ3n) is 7.43. The summed E-state index contributed by atoms with van der Waals surface area (Å²) in [6, 6.07) is 24.3. The van der Waals surface area contributed by atoms with Gasteiger partial charge in [0.1, 0.15) is 5.75 Å². The van der Waals surface area contributed by atoms with Gasteiger partial charge in [0.25, 0.3) is 0 Å². The summed E-state index contributed by atoms with van der Waals surface area (Å²) in [6.45, 7) is 3.31. The molecule has 1 aliphatic heterocycles. The van der Waals surface area contributed by atoms with Crippen molar-refractivity contribution in [2.45, 2.75) is 25.0 Å². The van der Waals surface area contributed by atoms with Crippen molar-refractivity contribution < 1.29 is 14.3 Å². The van der Waals surface area contributed by atoms with E-state index in [1.54, 1.807) is 7.11 Å². The topological polar surface area (TPSA) is 104 Å². The van der Waals surface area contributed by atoms with E-state index in [-0.39, 0.29) is 18.1 Å². The number of carbonyl (C=O) groups is 2. The molecule has 5 rings (SSSR count). The van der Waals surface area contributed by atoms with Crippen molar-refractivity contribution >= 4 is 28.3 Å². The minimum absolute atomic E-state index is 0.0865. The van der Waals surface area contributed by atoms with E-state index < -0.39 is 12.1 Å². The van der Waals surface area contributed by atoms with Gasteiger partial charge in [-0.1, -0.05) is 54.6 Å². The summed E-state index contributed by atoms with van der Waals surface area (Å²) in [5.41, 5.74) is 10.3. The maximum Gasteiger partial charge on any atom is 0.222 e. The van der Waals surface area contributed by atoms with Crippen molar-refractivity contribution in [2.24, 2.45) is 5.73 Å². The van der Waals surface area contributed by atoms with Crippen LogP contribution in [0.15, 0.2) is 85.1 Å². The summed E-state index contributed by atoms with van der Waals surface area (Å²) in [4.78, 5) is 34.6. The normalized spacial score (nSPS) is 15.6. The van der Waals surface area contributed by atoms with Gasteiger partial charge < -0.3 is 25.7 Å². The maximum atomic E-state index is 14.0. The fourth-order valence-electron chi connectivity index (χ4n) is 5.35. The Morgan fingerprint density at radius 1 is 0.949 bits per heavy atom. The van der Waals surface area contributed by atoms with Gasteiger partial charge in [-0.2, -0.15) is 0 Å². The first-order valence-corrected chi connectivity index (χ1v) is 13.3. The number of H-pyrrole nitrogens is 1. The van der Waals surface area contributed by atoms with Crippen LogP contribution in [0.1, 0.15) is 23.6 Å². The van der Waals surface area contributed by atoms with Crippen LogP contribution in [0.25, 0.3) is 10.9 Å². The van der Waals surface area contributed by atoms with Crippen LogP contribution in [0, 0.1) is 0 Å². The second-order valence-electron chi connectivity index (χ2n) is 9.85. The molecule has 8 heteroatoms. The Morgan fingerprint density at radius 3 is 2.41 bits per heavy atom. The number of nitrogens with zero attached hydrogens (tertiary/aromatic N) is 2. The second-order valence-corrected chi connectivity index (χ2v) is 9.85. The molecule has 4 N–H and O–H groups in total. The van der Waals surface area contributed by atoms with E-state index >= 15 is 0 Å². The number of benzene rings is 3. The summed E-state index contributed by atoms with van der Waals surface area (Å²) < 4.78 is 5.37. The van der Waals surface area contributed by atoms with Crippen molar-refractivity contribution in [2.75, 3.05) is 38.2 Å². The van der Waals surface area contributed by atoms with Crippen LogP contribution in [0.4, 0.5) is 5.69 Å². The van der Waals surface area contributed by atoms with Gasteiger partial charge in [0, 0.05) is 73.1 Å². The summed E-state index contributed by atoms with van der Waals surface area (Å²) >= 11 is 0. The van der Waals surface area contributed by atoms with E-state index in [0.29, 0.717) is 25.4 Å². The number of methoxy groups -OCH3 is 1. The number of anilines is 1. The molecule has 3 aromatic carbocycles. The number of nitrogens with one attached hydrogen (secondary N) is 2. The van der Waals surface area contributed by atoms with Gasteiger partial charge in [-0.05, 0) is 24.3 Å². The molecule has 0 radical (unpaired) electrons. The molecule has 8 nitrogen and oxygen atoms in total. The molecule has 1 fully saturated rings. The predicted octanol–water partition coefficient (Wildman–Crippen LogP) is 3.64. The molecule has 4 aromatic rings. The summed E-state index contributed by atoms with van der Waals surface area (Å²) in [5.74, 6) is 0.279. The predicted molar refractivity (Wildman–Crippen MR) is 154 cm³/mol. The molecule has 0 saturated carbocycles. The quantitative estimate of drug-likeness (QED) is 0.292. The van der Waals surface area contributed by atoms with Crippen LogP contribution in [0.5, 0.6) is 5.75 Å². The second kappa shape index (κ2) is 12.1. The molecule has 2 heterocycles. The lowest BCUT2D eigenvalue weighted by molar-refractivity contribution is -0.130. The van der Waals surface area contributed by atoms with Crippen molar-refractivity contribution in [3.05, 3.63) is 96.2 Å². The van der Waals surface area contributed by atoms with Gasteiger partial charge in [-0.15, -0.1) is 0 Å². The number of aromatic nitrogens is 1.